The third-order valence-electron chi connectivity index (χ3n) is 2.41. The van der Waals surface area contributed by atoms with Gasteiger partial charge >= 0.3 is 0 Å². The zero-order valence-electron chi connectivity index (χ0n) is 9.80. The third kappa shape index (κ3) is 2.90. The predicted octanol–water partition coefficient (Wildman–Crippen LogP) is 3.91. The molecule has 0 bridgehead atoms. The van der Waals surface area contributed by atoms with Gasteiger partial charge in [-0.2, -0.15) is 0 Å². The maximum atomic E-state index is 9.83. The number of para-hydroxylation sites is 1. The molecule has 0 fully saturated rings. The molecule has 0 aliphatic carbocycles. The maximum absolute atomic E-state index is 9.83. The minimum absolute atomic E-state index is 0.134. The highest BCUT2D eigenvalue weighted by molar-refractivity contribution is 9.10. The normalized spacial score (nSPS) is 10.8. The molecule has 18 heavy (non-hydrogen) atoms. The molecule has 1 N–H and O–H groups in total. The predicted molar refractivity (Wildman–Crippen MR) is 76.1 cm³/mol. The molecule has 0 aliphatic heterocycles. The first-order valence-corrected chi connectivity index (χ1v) is 6.15. The number of halogens is 1. The summed E-state index contributed by atoms with van der Waals surface area (Å²) in [5.41, 5.74) is 1.47. The monoisotopic (exact) mass is 305 g/mol. The highest BCUT2D eigenvalue weighted by atomic mass is 79.9. The summed E-state index contributed by atoms with van der Waals surface area (Å²) in [5, 5.41) is 9.83. The first kappa shape index (κ1) is 12.6. The fourth-order valence-corrected chi connectivity index (χ4v) is 2.00. The second-order valence-electron chi connectivity index (χ2n) is 3.64. The van der Waals surface area contributed by atoms with Crippen LogP contribution in [-0.2, 0) is 0 Å². The van der Waals surface area contributed by atoms with Crippen molar-refractivity contribution in [2.45, 2.75) is 0 Å². The van der Waals surface area contributed by atoms with Gasteiger partial charge in [0, 0.05) is 17.8 Å². The number of benzene rings is 2. The Kier molecular flexibility index (Phi) is 3.99. The summed E-state index contributed by atoms with van der Waals surface area (Å²) in [7, 11) is 1.55. The number of phenols is 1. The van der Waals surface area contributed by atoms with Gasteiger partial charge in [-0.25, -0.2) is 0 Å². The van der Waals surface area contributed by atoms with Crippen molar-refractivity contribution < 1.29 is 9.84 Å². The van der Waals surface area contributed by atoms with E-state index in [0.29, 0.717) is 11.3 Å². The number of nitrogens with zero attached hydrogens (tertiary/aromatic N) is 1. The summed E-state index contributed by atoms with van der Waals surface area (Å²) in [6.45, 7) is 0. The summed E-state index contributed by atoms with van der Waals surface area (Å²) < 4.78 is 5.87. The molecule has 3 nitrogen and oxygen atoms in total. The Labute approximate surface area is 114 Å². The lowest BCUT2D eigenvalue weighted by Crippen LogP contribution is -1.88. The van der Waals surface area contributed by atoms with Crippen molar-refractivity contribution in [3.63, 3.8) is 0 Å². The van der Waals surface area contributed by atoms with Crippen LogP contribution in [0, 0.1) is 0 Å². The topological polar surface area (TPSA) is 41.8 Å². The average molecular weight is 306 g/mol. The molecule has 0 heterocycles. The van der Waals surface area contributed by atoms with E-state index in [1.165, 1.54) is 0 Å². The molecule has 4 heteroatoms. The number of methoxy groups -OCH3 is 1. The minimum Gasteiger partial charge on any atom is -0.507 e. The van der Waals surface area contributed by atoms with Crippen LogP contribution in [0.1, 0.15) is 5.56 Å². The van der Waals surface area contributed by atoms with Crippen molar-refractivity contribution in [3.05, 3.63) is 52.5 Å². The number of hydrogen-bond donors (Lipinski definition) is 1. The van der Waals surface area contributed by atoms with Crippen molar-refractivity contribution in [2.75, 3.05) is 7.11 Å². The summed E-state index contributed by atoms with van der Waals surface area (Å²) in [4.78, 5) is 4.29. The molecule has 2 aromatic rings. The van der Waals surface area contributed by atoms with Gasteiger partial charge in [0.25, 0.3) is 0 Å². The summed E-state index contributed by atoms with van der Waals surface area (Å²) in [5.74, 6) is 0.721. The molecule has 0 unspecified atom stereocenters. The highest BCUT2D eigenvalue weighted by Gasteiger charge is 2.06. The Balaban J connectivity index is 2.30. The lowest BCUT2D eigenvalue weighted by atomic mass is 10.2. The molecular weight excluding hydrogens is 294 g/mol. The van der Waals surface area contributed by atoms with E-state index in [9.17, 15) is 5.11 Å². The van der Waals surface area contributed by atoms with E-state index in [2.05, 4.69) is 20.9 Å². The van der Waals surface area contributed by atoms with E-state index in [-0.39, 0.29) is 5.75 Å². The summed E-state index contributed by atoms with van der Waals surface area (Å²) in [6, 6.07) is 12.9. The molecule has 0 radical (unpaired) electrons. The van der Waals surface area contributed by atoms with Crippen molar-refractivity contribution in [1.82, 2.24) is 0 Å². The van der Waals surface area contributed by atoms with Gasteiger partial charge in [0.05, 0.1) is 17.3 Å². The van der Waals surface area contributed by atoms with E-state index >= 15 is 0 Å². The van der Waals surface area contributed by atoms with Crippen LogP contribution in [0.2, 0.25) is 0 Å². The molecule has 92 valence electrons. The van der Waals surface area contributed by atoms with Crippen LogP contribution in [-0.4, -0.2) is 18.4 Å². The molecular formula is C14H12BrNO2. The van der Waals surface area contributed by atoms with Gasteiger partial charge in [-0.15, -0.1) is 0 Å². The molecule has 2 rings (SSSR count). The third-order valence-corrected chi connectivity index (χ3v) is 3.03. The van der Waals surface area contributed by atoms with Gasteiger partial charge in [-0.05, 0) is 34.1 Å². The Bertz CT molecular complexity index is 568. The van der Waals surface area contributed by atoms with Crippen LogP contribution in [0.5, 0.6) is 11.5 Å². The summed E-state index contributed by atoms with van der Waals surface area (Å²) >= 11 is 3.37. The zero-order valence-corrected chi connectivity index (χ0v) is 11.4. The highest BCUT2D eigenvalue weighted by Crippen LogP contribution is 2.31. The Hall–Kier alpha value is -1.81. The lowest BCUT2D eigenvalue weighted by molar-refractivity contribution is 0.405. The van der Waals surface area contributed by atoms with Gasteiger partial charge in [0.1, 0.15) is 11.5 Å². The number of aromatic hydroxyl groups is 1. The van der Waals surface area contributed by atoms with E-state index < -0.39 is 0 Å². The van der Waals surface area contributed by atoms with E-state index in [1.54, 1.807) is 25.5 Å². The molecule has 0 saturated heterocycles. The average Bonchev–Trinajstić information content (AvgIpc) is 2.40. The van der Waals surface area contributed by atoms with Gasteiger partial charge in [-0.1, -0.05) is 18.2 Å². The molecule has 0 aromatic heterocycles. The maximum Gasteiger partial charge on any atom is 0.136 e. The number of rotatable bonds is 3. The van der Waals surface area contributed by atoms with Crippen LogP contribution in [0.4, 0.5) is 5.69 Å². The number of phenolic OH excluding ortho intramolecular Hbond substituents is 1. The second kappa shape index (κ2) is 5.69. The van der Waals surface area contributed by atoms with Crippen molar-refractivity contribution in [3.8, 4) is 11.5 Å². The van der Waals surface area contributed by atoms with Crippen LogP contribution < -0.4 is 4.74 Å². The first-order chi connectivity index (χ1) is 8.70. The molecule has 2 aromatic carbocycles. The molecule has 0 atom stereocenters. The van der Waals surface area contributed by atoms with Gasteiger partial charge < -0.3 is 9.84 Å². The lowest BCUT2D eigenvalue weighted by Gasteiger charge is -2.06. The summed E-state index contributed by atoms with van der Waals surface area (Å²) in [6.07, 6.45) is 1.62. The minimum atomic E-state index is 0.134. The Morgan fingerprint density at radius 3 is 2.61 bits per heavy atom. The van der Waals surface area contributed by atoms with Gasteiger partial charge in [-0.3, -0.25) is 4.99 Å². The van der Waals surface area contributed by atoms with Crippen molar-refractivity contribution in [2.24, 2.45) is 4.99 Å². The Morgan fingerprint density at radius 2 is 1.94 bits per heavy atom. The van der Waals surface area contributed by atoms with Crippen LogP contribution >= 0.6 is 15.9 Å². The zero-order chi connectivity index (χ0) is 13.0. The van der Waals surface area contributed by atoms with Crippen LogP contribution in [0.15, 0.2) is 51.9 Å². The standard InChI is InChI=1S/C14H12BrNO2/c1-18-14-8-13(17)10(7-12(14)15)9-16-11-5-3-2-4-6-11/h2-9,17H,1H3. The second-order valence-corrected chi connectivity index (χ2v) is 4.49. The van der Waals surface area contributed by atoms with Crippen LogP contribution in [0.25, 0.3) is 0 Å². The SMILES string of the molecule is COc1cc(O)c(C=Nc2ccccc2)cc1Br. The van der Waals surface area contributed by atoms with Gasteiger partial charge in [0.2, 0.25) is 0 Å². The van der Waals surface area contributed by atoms with E-state index in [4.69, 9.17) is 4.74 Å². The number of ether oxygens (including phenoxy) is 1. The quantitative estimate of drug-likeness (QED) is 0.873. The first-order valence-electron chi connectivity index (χ1n) is 5.36. The van der Waals surface area contributed by atoms with Crippen LogP contribution in [0.3, 0.4) is 0 Å². The number of hydrogen-bond acceptors (Lipinski definition) is 3. The van der Waals surface area contributed by atoms with Gasteiger partial charge in [0.15, 0.2) is 0 Å². The van der Waals surface area contributed by atoms with E-state index in [0.717, 1.165) is 10.2 Å². The molecule has 0 saturated carbocycles. The fraction of sp³-hybridized carbons (Fsp3) is 0.0714. The van der Waals surface area contributed by atoms with Crippen molar-refractivity contribution >= 4 is 27.8 Å². The van der Waals surface area contributed by atoms with Crippen molar-refractivity contribution in [1.29, 1.82) is 0 Å². The molecule has 0 amide bonds. The number of aliphatic imine (C=N–C) groups is 1. The fourth-order valence-electron chi connectivity index (χ4n) is 1.48. The Morgan fingerprint density at radius 1 is 1.22 bits per heavy atom. The molecule has 0 spiro atoms. The molecule has 0 aliphatic rings. The van der Waals surface area contributed by atoms with E-state index in [1.807, 2.05) is 30.3 Å². The largest absolute Gasteiger partial charge is 0.507 e. The smallest absolute Gasteiger partial charge is 0.136 e.